The fraction of sp³-hybridized carbons (Fsp3) is 0.524. The molecule has 1 atom stereocenters. The third kappa shape index (κ3) is 3.90. The highest BCUT2D eigenvalue weighted by Crippen LogP contribution is 2.31. The summed E-state index contributed by atoms with van der Waals surface area (Å²) in [5.74, 6) is 1.08. The minimum absolute atomic E-state index is 0.00820. The van der Waals surface area contributed by atoms with Crippen LogP contribution in [0.15, 0.2) is 24.3 Å². The van der Waals surface area contributed by atoms with Crippen molar-refractivity contribution >= 4 is 21.4 Å². The van der Waals surface area contributed by atoms with Crippen LogP contribution in [0.3, 0.4) is 0 Å². The number of ether oxygens (including phenoxy) is 1. The second-order valence-corrected chi connectivity index (χ2v) is 10.3. The van der Waals surface area contributed by atoms with E-state index in [1.807, 2.05) is 41.6 Å². The molecule has 1 amide bonds. The molecule has 2 saturated heterocycles. The summed E-state index contributed by atoms with van der Waals surface area (Å²) in [6.07, 6.45) is 0.618. The molecule has 1 aromatic carbocycles. The molecule has 2 aromatic rings. The fourth-order valence-electron chi connectivity index (χ4n) is 4.51. The van der Waals surface area contributed by atoms with Crippen LogP contribution in [0.1, 0.15) is 34.2 Å². The topological polar surface area (TPSA) is 84.7 Å². The molecule has 3 heterocycles. The molecule has 2 aliphatic rings. The van der Waals surface area contributed by atoms with E-state index < -0.39 is 9.84 Å². The third-order valence-corrected chi connectivity index (χ3v) is 7.79. The summed E-state index contributed by atoms with van der Waals surface area (Å²) in [4.78, 5) is 17.0. The number of carbonyl (C=O) groups excluding carboxylic acids is 1. The summed E-state index contributed by atoms with van der Waals surface area (Å²) < 4.78 is 30.9. The van der Waals surface area contributed by atoms with Gasteiger partial charge in [0.1, 0.15) is 5.75 Å². The molecule has 1 unspecified atom stereocenters. The van der Waals surface area contributed by atoms with Gasteiger partial charge in [-0.2, -0.15) is 5.10 Å². The highest BCUT2D eigenvalue weighted by atomic mass is 32.2. The Bertz CT molecular complexity index is 1050. The molecule has 0 saturated carbocycles. The first-order valence-corrected chi connectivity index (χ1v) is 12.1. The van der Waals surface area contributed by atoms with Crippen LogP contribution in [-0.4, -0.2) is 73.8 Å². The smallest absolute Gasteiger partial charge is 0.254 e. The van der Waals surface area contributed by atoms with Crippen LogP contribution in [-0.2, 0) is 9.84 Å². The lowest BCUT2D eigenvalue weighted by molar-refractivity contribution is 0.0746. The maximum Gasteiger partial charge on any atom is 0.254 e. The number of nitrogens with zero attached hydrogens (tertiary/aromatic N) is 4. The van der Waals surface area contributed by atoms with Crippen LogP contribution in [0.25, 0.3) is 0 Å². The molecule has 0 aliphatic carbocycles. The molecule has 4 rings (SSSR count). The Morgan fingerprint density at radius 3 is 2.53 bits per heavy atom. The molecule has 0 bridgehead atoms. The standard InChI is InChI=1S/C21H28N4O4S/c1-15-20(16(2)25(22-15)18-7-12-30(27,28)14-18)23-8-10-24(11-9-23)21(26)17-5-4-6-19(13-17)29-3/h4-6,13,18H,7-12,14H2,1-3H3. The minimum atomic E-state index is -2.96. The summed E-state index contributed by atoms with van der Waals surface area (Å²) in [5.41, 5.74) is 3.60. The Kier molecular flexibility index (Phi) is 5.48. The van der Waals surface area contributed by atoms with Crippen molar-refractivity contribution in [3.63, 3.8) is 0 Å². The summed E-state index contributed by atoms with van der Waals surface area (Å²) >= 11 is 0. The van der Waals surface area contributed by atoms with Crippen molar-refractivity contribution in [2.45, 2.75) is 26.3 Å². The number of hydrogen-bond donors (Lipinski definition) is 0. The molecule has 1 aromatic heterocycles. The number of rotatable bonds is 4. The minimum Gasteiger partial charge on any atom is -0.497 e. The van der Waals surface area contributed by atoms with Crippen molar-refractivity contribution in [1.82, 2.24) is 14.7 Å². The number of anilines is 1. The largest absolute Gasteiger partial charge is 0.497 e. The number of aryl methyl sites for hydroxylation is 1. The highest BCUT2D eigenvalue weighted by molar-refractivity contribution is 7.91. The quantitative estimate of drug-likeness (QED) is 0.733. The molecule has 0 radical (unpaired) electrons. The summed E-state index contributed by atoms with van der Waals surface area (Å²) in [6, 6.07) is 7.15. The zero-order chi connectivity index (χ0) is 21.5. The van der Waals surface area contributed by atoms with E-state index in [4.69, 9.17) is 4.74 Å². The number of sulfone groups is 1. The van der Waals surface area contributed by atoms with Crippen molar-refractivity contribution in [2.24, 2.45) is 0 Å². The van der Waals surface area contributed by atoms with E-state index >= 15 is 0 Å². The number of piperazine rings is 1. The Labute approximate surface area is 177 Å². The number of carbonyl (C=O) groups is 1. The molecule has 0 spiro atoms. The Morgan fingerprint density at radius 1 is 1.17 bits per heavy atom. The first-order chi connectivity index (χ1) is 14.3. The Morgan fingerprint density at radius 2 is 1.90 bits per heavy atom. The summed E-state index contributed by atoms with van der Waals surface area (Å²) in [5, 5.41) is 4.67. The zero-order valence-corrected chi connectivity index (χ0v) is 18.5. The highest BCUT2D eigenvalue weighted by Gasteiger charge is 2.33. The van der Waals surface area contributed by atoms with E-state index in [2.05, 4.69) is 10.00 Å². The van der Waals surface area contributed by atoms with E-state index in [1.165, 1.54) is 0 Å². The van der Waals surface area contributed by atoms with Crippen LogP contribution in [0.5, 0.6) is 5.75 Å². The number of aromatic nitrogens is 2. The van der Waals surface area contributed by atoms with Crippen molar-refractivity contribution in [1.29, 1.82) is 0 Å². The number of hydrogen-bond acceptors (Lipinski definition) is 6. The van der Waals surface area contributed by atoms with Crippen LogP contribution in [0.2, 0.25) is 0 Å². The molecular weight excluding hydrogens is 404 g/mol. The molecule has 30 heavy (non-hydrogen) atoms. The predicted octanol–water partition coefficient (Wildman–Crippen LogP) is 1.83. The number of methoxy groups -OCH3 is 1. The second kappa shape index (κ2) is 7.94. The molecule has 162 valence electrons. The average Bonchev–Trinajstić information content (AvgIpc) is 3.25. The van der Waals surface area contributed by atoms with Gasteiger partial charge >= 0.3 is 0 Å². The number of amides is 1. The van der Waals surface area contributed by atoms with E-state index in [0.717, 1.165) is 17.1 Å². The fourth-order valence-corrected chi connectivity index (χ4v) is 6.20. The average molecular weight is 433 g/mol. The lowest BCUT2D eigenvalue weighted by Gasteiger charge is -2.36. The van der Waals surface area contributed by atoms with Crippen molar-refractivity contribution in [3.8, 4) is 5.75 Å². The van der Waals surface area contributed by atoms with Crippen LogP contribution < -0.4 is 9.64 Å². The van der Waals surface area contributed by atoms with Gasteiger partial charge in [-0.15, -0.1) is 0 Å². The third-order valence-electron chi connectivity index (χ3n) is 6.04. The Hall–Kier alpha value is -2.55. The van der Waals surface area contributed by atoms with Crippen LogP contribution >= 0.6 is 0 Å². The molecule has 2 aliphatic heterocycles. The molecule has 2 fully saturated rings. The van der Waals surface area contributed by atoms with Gasteiger partial charge in [0.05, 0.1) is 41.7 Å². The van der Waals surface area contributed by atoms with Gasteiger partial charge < -0.3 is 14.5 Å². The monoisotopic (exact) mass is 432 g/mol. The van der Waals surface area contributed by atoms with Gasteiger partial charge in [0.25, 0.3) is 5.91 Å². The van der Waals surface area contributed by atoms with Gasteiger partial charge in [-0.3, -0.25) is 9.48 Å². The van der Waals surface area contributed by atoms with Gasteiger partial charge in [0, 0.05) is 31.7 Å². The molecule has 0 N–H and O–H groups in total. The van der Waals surface area contributed by atoms with Gasteiger partial charge in [-0.1, -0.05) is 6.07 Å². The maximum absolute atomic E-state index is 12.9. The van der Waals surface area contributed by atoms with Crippen LogP contribution in [0.4, 0.5) is 5.69 Å². The SMILES string of the molecule is COc1cccc(C(=O)N2CCN(c3c(C)nn(C4CCS(=O)(=O)C4)c3C)CC2)c1. The van der Waals surface area contributed by atoms with Crippen molar-refractivity contribution < 1.29 is 17.9 Å². The first-order valence-electron chi connectivity index (χ1n) is 10.2. The van der Waals surface area contributed by atoms with E-state index in [9.17, 15) is 13.2 Å². The number of benzene rings is 1. The van der Waals surface area contributed by atoms with Crippen molar-refractivity contribution in [2.75, 3.05) is 49.7 Å². The zero-order valence-electron chi connectivity index (χ0n) is 17.7. The summed E-state index contributed by atoms with van der Waals surface area (Å²) in [6.45, 7) is 6.65. The molecule has 8 nitrogen and oxygen atoms in total. The predicted molar refractivity (Wildman–Crippen MR) is 115 cm³/mol. The van der Waals surface area contributed by atoms with Crippen LogP contribution in [0, 0.1) is 13.8 Å². The van der Waals surface area contributed by atoms with E-state index in [1.54, 1.807) is 13.2 Å². The van der Waals surface area contributed by atoms with Gasteiger partial charge in [-0.25, -0.2) is 8.42 Å². The Balaban J connectivity index is 1.46. The first kappa shape index (κ1) is 20.7. The van der Waals surface area contributed by atoms with Gasteiger partial charge in [0.15, 0.2) is 9.84 Å². The lowest BCUT2D eigenvalue weighted by Crippen LogP contribution is -2.49. The van der Waals surface area contributed by atoms with E-state index in [0.29, 0.717) is 43.9 Å². The normalized spacial score (nSPS) is 21.1. The lowest BCUT2D eigenvalue weighted by atomic mass is 10.1. The summed E-state index contributed by atoms with van der Waals surface area (Å²) in [7, 11) is -1.37. The van der Waals surface area contributed by atoms with Crippen molar-refractivity contribution in [3.05, 3.63) is 41.2 Å². The van der Waals surface area contributed by atoms with Gasteiger partial charge in [0.2, 0.25) is 0 Å². The second-order valence-electron chi connectivity index (χ2n) is 8.03. The maximum atomic E-state index is 12.9. The molecule has 9 heteroatoms. The van der Waals surface area contributed by atoms with E-state index in [-0.39, 0.29) is 23.5 Å². The van der Waals surface area contributed by atoms with Gasteiger partial charge in [-0.05, 0) is 38.5 Å². The molecular formula is C21H28N4O4S.